The summed E-state index contributed by atoms with van der Waals surface area (Å²) in [5, 5.41) is 0. The molecule has 70 heavy (non-hydrogen) atoms. The molecule has 3 nitrogen and oxygen atoms in total. The third-order valence-electron chi connectivity index (χ3n) is 16.1. The number of hydrogen-bond donors (Lipinski definition) is 0. The van der Waals surface area contributed by atoms with E-state index in [0.717, 1.165) is 5.69 Å². The van der Waals surface area contributed by atoms with Crippen LogP contribution in [0.3, 0.4) is 0 Å². The predicted molar refractivity (Wildman–Crippen MR) is 284 cm³/mol. The summed E-state index contributed by atoms with van der Waals surface area (Å²) in [5.74, 6) is 0. The summed E-state index contributed by atoms with van der Waals surface area (Å²) in [7, 11) is 2.08. The molecule has 0 unspecified atom stereocenters. The quantitative estimate of drug-likeness (QED) is 0.152. The van der Waals surface area contributed by atoms with Crippen molar-refractivity contribution < 1.29 is 9.15 Å². The summed E-state index contributed by atoms with van der Waals surface area (Å²) in [5.41, 5.74) is 27.7. The maximum absolute atomic E-state index is 5.36. The molecule has 13 rings (SSSR count). The topological polar surface area (TPSA) is 18.9 Å². The zero-order valence-electron chi connectivity index (χ0n) is 41.2. The summed E-state index contributed by atoms with van der Waals surface area (Å²) in [6.45, 7) is 15.6. The van der Waals surface area contributed by atoms with Crippen LogP contribution in [0.25, 0.3) is 33.4 Å². The molecule has 3 heteroatoms. The molecule has 2 heterocycles. The SMILES string of the molecule is Cc1ccnc(C2(c3cccc(C4(c5cccc(C6([N+]7=C=[N+](C)C=C7)c7cc(C)ccc7-c7ccc(C)cc76)c5)c5cc(C)ccc5-c5ccc(C)cc54)c3)c3cc(C)ccc3-c3ccc(C)cc32)c1. The van der Waals surface area contributed by atoms with Gasteiger partial charge >= 0.3 is 6.01 Å². The van der Waals surface area contributed by atoms with E-state index in [9.17, 15) is 0 Å². The smallest absolute Gasteiger partial charge is 0.260 e. The van der Waals surface area contributed by atoms with Gasteiger partial charge in [0.15, 0.2) is 7.05 Å². The van der Waals surface area contributed by atoms with Gasteiger partial charge in [0.1, 0.15) is 0 Å². The van der Waals surface area contributed by atoms with Crippen LogP contribution in [0.1, 0.15) is 100 Å². The number of pyridine rings is 1. The molecule has 4 aliphatic rings. The zero-order valence-corrected chi connectivity index (χ0v) is 41.2. The fraction of sp³-hybridized carbons (Fsp3) is 0.164. The maximum atomic E-state index is 5.36. The second-order valence-corrected chi connectivity index (χ2v) is 20.8. The number of rotatable bonds is 6. The molecule has 8 aromatic carbocycles. The summed E-state index contributed by atoms with van der Waals surface area (Å²) < 4.78 is 4.39. The lowest BCUT2D eigenvalue weighted by molar-refractivity contribution is -0.533. The first kappa shape index (κ1) is 42.2. The van der Waals surface area contributed by atoms with Crippen LogP contribution >= 0.6 is 0 Å². The Labute approximate surface area is 412 Å². The molecule has 0 N–H and O–H groups in total. The maximum Gasteiger partial charge on any atom is 0.490 e. The summed E-state index contributed by atoms with van der Waals surface area (Å²) in [6.07, 6.45) is 6.34. The van der Waals surface area contributed by atoms with Gasteiger partial charge in [-0.1, -0.05) is 182 Å². The van der Waals surface area contributed by atoms with Crippen LogP contribution in [0.5, 0.6) is 0 Å². The standard InChI is InChI=1S/C67H55N3/c1-41-15-21-52-53-22-16-42(2)32-59(53)65(58(52)31-41,49-12-10-14-51(39-49)67(70-30-29-69(8)40-70)62-35-45(5)19-25-56(62)57-26-20-46(6)36-63(57)67)48-11-9-13-50(38-48)66(64-37-47(7)27-28-68-64)60-33-43(3)17-23-54(60)55-24-18-44(4)34-61(55)66/h9-39H,1-8H3/q+2. The van der Waals surface area contributed by atoms with Crippen molar-refractivity contribution in [3.63, 3.8) is 0 Å². The summed E-state index contributed by atoms with van der Waals surface area (Å²) in [6, 6.07) is 69.8. The number of aryl methyl sites for hydroxylation is 7. The Morgan fingerprint density at radius 2 is 0.714 bits per heavy atom. The van der Waals surface area contributed by atoms with E-state index in [1.54, 1.807) is 0 Å². The minimum absolute atomic E-state index is 0.686. The van der Waals surface area contributed by atoms with Crippen molar-refractivity contribution in [2.45, 2.75) is 64.8 Å². The molecule has 0 saturated carbocycles. The Hall–Kier alpha value is -7.97. The highest BCUT2D eigenvalue weighted by atomic mass is 15.2. The van der Waals surface area contributed by atoms with Crippen molar-refractivity contribution in [1.82, 2.24) is 4.98 Å². The van der Waals surface area contributed by atoms with Gasteiger partial charge in [-0.2, -0.15) is 0 Å². The first-order valence-electron chi connectivity index (χ1n) is 24.7. The Kier molecular flexibility index (Phi) is 9.04. The highest BCUT2D eigenvalue weighted by Crippen LogP contribution is 2.61. The van der Waals surface area contributed by atoms with Gasteiger partial charge in [0, 0.05) is 22.9 Å². The molecule has 9 aromatic rings. The lowest BCUT2D eigenvalue weighted by Gasteiger charge is -2.38. The van der Waals surface area contributed by atoms with Crippen LogP contribution in [0.4, 0.5) is 0 Å². The molecule has 0 bridgehead atoms. The minimum atomic E-state index is -0.713. The van der Waals surface area contributed by atoms with E-state index in [4.69, 9.17) is 4.98 Å². The second-order valence-electron chi connectivity index (χ2n) is 20.8. The largest absolute Gasteiger partial charge is 0.490 e. The van der Waals surface area contributed by atoms with Crippen LogP contribution in [0.2, 0.25) is 0 Å². The fourth-order valence-electron chi connectivity index (χ4n) is 13.2. The average Bonchev–Trinajstić information content (AvgIpc) is 4.07. The Morgan fingerprint density at radius 3 is 1.13 bits per heavy atom. The van der Waals surface area contributed by atoms with Crippen LogP contribution in [-0.4, -0.2) is 27.2 Å². The molecule has 0 saturated heterocycles. The van der Waals surface area contributed by atoms with Gasteiger partial charge in [0.25, 0.3) is 5.54 Å². The molecule has 3 aliphatic carbocycles. The predicted octanol–water partition coefficient (Wildman–Crippen LogP) is 14.6. The first-order chi connectivity index (χ1) is 33.9. The number of fused-ring (bicyclic) bond motifs is 9. The van der Waals surface area contributed by atoms with E-state index in [1.165, 1.54) is 128 Å². The molecule has 0 atom stereocenters. The van der Waals surface area contributed by atoms with Crippen molar-refractivity contribution in [2.75, 3.05) is 7.05 Å². The molecular weight excluding hydrogens is 847 g/mol. The van der Waals surface area contributed by atoms with Gasteiger partial charge in [-0.15, -0.1) is 0 Å². The Balaban J connectivity index is 1.17. The van der Waals surface area contributed by atoms with Crippen LogP contribution in [0.15, 0.2) is 188 Å². The summed E-state index contributed by atoms with van der Waals surface area (Å²) >= 11 is 0. The van der Waals surface area contributed by atoms with Gasteiger partial charge in [0.05, 0.1) is 16.5 Å². The molecular formula is C67H55N3+2. The zero-order chi connectivity index (χ0) is 47.8. The normalized spacial score (nSPS) is 15.7. The van der Waals surface area contributed by atoms with E-state index in [0.29, 0.717) is 0 Å². The van der Waals surface area contributed by atoms with Crippen molar-refractivity contribution in [3.05, 3.63) is 289 Å². The van der Waals surface area contributed by atoms with Gasteiger partial charge in [-0.25, -0.2) is 0 Å². The summed E-state index contributed by atoms with van der Waals surface area (Å²) in [4.78, 5) is 5.36. The Morgan fingerprint density at radius 1 is 0.357 bits per heavy atom. The number of nitrogens with zero attached hydrogens (tertiary/aromatic N) is 3. The molecule has 0 radical (unpaired) electrons. The van der Waals surface area contributed by atoms with Crippen LogP contribution < -0.4 is 0 Å². The first-order valence-corrected chi connectivity index (χ1v) is 24.7. The van der Waals surface area contributed by atoms with E-state index in [1.807, 2.05) is 6.20 Å². The molecule has 1 aliphatic heterocycles. The third-order valence-corrected chi connectivity index (χ3v) is 16.1. The van der Waals surface area contributed by atoms with Gasteiger partial charge in [-0.05, 0) is 157 Å². The number of benzene rings is 8. The highest BCUT2D eigenvalue weighted by molar-refractivity contribution is 5.90. The lowest BCUT2D eigenvalue weighted by Crippen LogP contribution is -2.38. The van der Waals surface area contributed by atoms with E-state index >= 15 is 0 Å². The molecule has 1 aromatic heterocycles. The van der Waals surface area contributed by atoms with E-state index in [2.05, 4.69) is 253 Å². The second kappa shape index (κ2) is 15.0. The minimum Gasteiger partial charge on any atom is -0.260 e. The van der Waals surface area contributed by atoms with Gasteiger partial charge in [0.2, 0.25) is 12.4 Å². The molecule has 0 fully saturated rings. The third kappa shape index (κ3) is 5.61. The molecule has 336 valence electrons. The highest BCUT2D eigenvalue weighted by Gasteiger charge is 2.57. The van der Waals surface area contributed by atoms with Gasteiger partial charge < -0.3 is 0 Å². The van der Waals surface area contributed by atoms with Crippen LogP contribution in [-0.2, 0) is 16.4 Å². The molecule has 0 spiro atoms. The van der Waals surface area contributed by atoms with Crippen molar-refractivity contribution in [3.8, 4) is 33.4 Å². The van der Waals surface area contributed by atoms with Crippen LogP contribution in [0, 0.1) is 48.5 Å². The Bertz CT molecular complexity index is 3720. The fourth-order valence-corrected chi connectivity index (χ4v) is 13.2. The lowest BCUT2D eigenvalue weighted by atomic mass is 9.64. The van der Waals surface area contributed by atoms with Crippen molar-refractivity contribution in [1.29, 1.82) is 0 Å². The van der Waals surface area contributed by atoms with Gasteiger partial charge in [-0.3, -0.25) is 4.98 Å². The van der Waals surface area contributed by atoms with E-state index < -0.39 is 16.4 Å². The monoisotopic (exact) mass is 901 g/mol. The average molecular weight is 902 g/mol. The number of hydrogen-bond acceptors (Lipinski definition) is 1. The van der Waals surface area contributed by atoms with Crippen molar-refractivity contribution >= 4 is 6.01 Å². The molecule has 0 amide bonds. The van der Waals surface area contributed by atoms with E-state index in [-0.39, 0.29) is 0 Å². The number of aromatic nitrogens is 1. The van der Waals surface area contributed by atoms with Crippen molar-refractivity contribution in [2.24, 2.45) is 0 Å².